The van der Waals surface area contributed by atoms with Crippen molar-refractivity contribution in [3.05, 3.63) is 34.9 Å². The Labute approximate surface area is 166 Å². The molecule has 2 N–H and O–H groups in total. The van der Waals surface area contributed by atoms with Crippen LogP contribution in [-0.4, -0.2) is 56.7 Å². The van der Waals surface area contributed by atoms with Crippen molar-refractivity contribution in [2.75, 3.05) is 45.9 Å². The maximum absolute atomic E-state index is 12.3. The minimum atomic E-state index is 0. The van der Waals surface area contributed by atoms with Crippen molar-refractivity contribution in [2.45, 2.75) is 12.5 Å². The topological polar surface area (TPSA) is 53.6 Å². The second-order valence-corrected chi connectivity index (χ2v) is 6.59. The second kappa shape index (κ2) is 11.2. The Morgan fingerprint density at radius 2 is 1.96 bits per heavy atom. The Balaban J connectivity index is 0.00000156. The molecule has 5 nitrogen and oxygen atoms in total. The zero-order chi connectivity index (χ0) is 16.1. The van der Waals surface area contributed by atoms with E-state index < -0.39 is 0 Å². The number of morpholine rings is 1. The highest BCUT2D eigenvalue weighted by Gasteiger charge is 2.26. The number of nitrogens with one attached hydrogen (secondary N) is 2. The average molecular weight is 411 g/mol. The van der Waals surface area contributed by atoms with Crippen LogP contribution in [0.1, 0.15) is 18.0 Å². The van der Waals surface area contributed by atoms with E-state index in [0.29, 0.717) is 6.54 Å². The van der Waals surface area contributed by atoms with E-state index in [2.05, 4.69) is 15.5 Å². The molecule has 2 aliphatic heterocycles. The van der Waals surface area contributed by atoms with Gasteiger partial charge in [0.1, 0.15) is 0 Å². The van der Waals surface area contributed by atoms with E-state index in [0.717, 1.165) is 50.8 Å². The van der Waals surface area contributed by atoms with Crippen LogP contribution in [0.3, 0.4) is 0 Å². The lowest BCUT2D eigenvalue weighted by atomic mass is 10.0. The predicted octanol–water partition coefficient (Wildman–Crippen LogP) is 2.28. The molecule has 2 aliphatic rings. The third kappa shape index (κ3) is 6.27. The van der Waals surface area contributed by atoms with Crippen molar-refractivity contribution in [3.8, 4) is 0 Å². The Morgan fingerprint density at radius 1 is 1.28 bits per heavy atom. The van der Waals surface area contributed by atoms with Gasteiger partial charge in [0.05, 0.1) is 25.2 Å². The molecule has 2 heterocycles. The lowest BCUT2D eigenvalue weighted by Gasteiger charge is -2.35. The molecule has 2 atom stereocenters. The lowest BCUT2D eigenvalue weighted by molar-refractivity contribution is -0.124. The number of ether oxygens (including phenoxy) is 1. The molecule has 2 fully saturated rings. The lowest BCUT2D eigenvalue weighted by Crippen LogP contribution is -2.44. The van der Waals surface area contributed by atoms with Gasteiger partial charge in [0.25, 0.3) is 0 Å². The first-order valence-corrected chi connectivity index (χ1v) is 8.67. The maximum Gasteiger partial charge on any atom is 0.224 e. The van der Waals surface area contributed by atoms with E-state index >= 15 is 0 Å². The van der Waals surface area contributed by atoms with Crippen molar-refractivity contribution in [2.24, 2.45) is 5.92 Å². The van der Waals surface area contributed by atoms with Gasteiger partial charge in [0, 0.05) is 31.2 Å². The fourth-order valence-electron chi connectivity index (χ4n) is 3.25. The van der Waals surface area contributed by atoms with E-state index in [-0.39, 0.29) is 42.7 Å². The molecule has 0 aromatic heterocycles. The van der Waals surface area contributed by atoms with Gasteiger partial charge in [-0.05, 0) is 30.7 Å². The number of carbonyl (C=O) groups excluding carboxylic acids is 1. The van der Waals surface area contributed by atoms with Crippen molar-refractivity contribution < 1.29 is 9.53 Å². The maximum atomic E-state index is 12.3. The number of rotatable bonds is 5. The predicted molar refractivity (Wildman–Crippen MR) is 105 cm³/mol. The summed E-state index contributed by atoms with van der Waals surface area (Å²) >= 11 is 6.01. The molecule has 0 bridgehead atoms. The highest BCUT2D eigenvalue weighted by Crippen LogP contribution is 2.23. The van der Waals surface area contributed by atoms with Crippen molar-refractivity contribution >= 4 is 42.3 Å². The van der Waals surface area contributed by atoms with Gasteiger partial charge in [-0.25, -0.2) is 0 Å². The number of hydrogen-bond donors (Lipinski definition) is 2. The fraction of sp³-hybridized carbons (Fsp3) is 0.588. The van der Waals surface area contributed by atoms with Crippen LogP contribution in [0.4, 0.5) is 0 Å². The van der Waals surface area contributed by atoms with E-state index in [1.807, 2.05) is 24.3 Å². The first-order valence-electron chi connectivity index (χ1n) is 8.30. The molecule has 0 saturated carbocycles. The smallest absolute Gasteiger partial charge is 0.224 e. The van der Waals surface area contributed by atoms with Crippen LogP contribution in [-0.2, 0) is 9.53 Å². The van der Waals surface area contributed by atoms with Gasteiger partial charge in [-0.15, -0.1) is 24.8 Å². The third-order valence-electron chi connectivity index (χ3n) is 4.64. The molecule has 25 heavy (non-hydrogen) atoms. The monoisotopic (exact) mass is 409 g/mol. The van der Waals surface area contributed by atoms with Gasteiger partial charge in [-0.3, -0.25) is 9.69 Å². The molecular formula is C17H26Cl3N3O2. The Bertz CT molecular complexity index is 518. The molecule has 8 heteroatoms. The summed E-state index contributed by atoms with van der Waals surface area (Å²) in [6, 6.07) is 8.08. The molecule has 2 unspecified atom stereocenters. The first-order chi connectivity index (χ1) is 11.2. The molecule has 0 spiro atoms. The summed E-state index contributed by atoms with van der Waals surface area (Å²) in [5, 5.41) is 7.11. The third-order valence-corrected chi connectivity index (χ3v) is 4.89. The van der Waals surface area contributed by atoms with Crippen LogP contribution < -0.4 is 10.6 Å². The molecule has 0 aliphatic carbocycles. The molecule has 142 valence electrons. The summed E-state index contributed by atoms with van der Waals surface area (Å²) in [7, 11) is 0. The van der Waals surface area contributed by atoms with Crippen molar-refractivity contribution in [3.63, 3.8) is 0 Å². The molecule has 0 radical (unpaired) electrons. The zero-order valence-electron chi connectivity index (χ0n) is 14.1. The summed E-state index contributed by atoms with van der Waals surface area (Å²) in [5.41, 5.74) is 1.18. The van der Waals surface area contributed by atoms with Crippen molar-refractivity contribution in [1.82, 2.24) is 15.5 Å². The Morgan fingerprint density at radius 3 is 2.56 bits per heavy atom. The molecule has 1 aromatic carbocycles. The number of amides is 1. The highest BCUT2D eigenvalue weighted by atomic mass is 35.5. The Kier molecular flexibility index (Phi) is 10.1. The average Bonchev–Trinajstić information content (AvgIpc) is 3.12. The number of hydrogen-bond acceptors (Lipinski definition) is 4. The van der Waals surface area contributed by atoms with Gasteiger partial charge < -0.3 is 15.4 Å². The molecular weight excluding hydrogens is 385 g/mol. The van der Waals surface area contributed by atoms with E-state index in [4.69, 9.17) is 16.3 Å². The SMILES string of the molecule is Cl.Cl.O=C(NCC(c1ccc(Cl)cc1)N1CCOCC1)C1CCNC1. The summed E-state index contributed by atoms with van der Waals surface area (Å²) in [6.07, 6.45) is 0.926. The summed E-state index contributed by atoms with van der Waals surface area (Å²) in [6.45, 7) is 5.59. The van der Waals surface area contributed by atoms with E-state index in [1.54, 1.807) is 0 Å². The van der Waals surface area contributed by atoms with Crippen molar-refractivity contribution in [1.29, 1.82) is 0 Å². The van der Waals surface area contributed by atoms with Gasteiger partial charge in [0.2, 0.25) is 5.91 Å². The number of carbonyl (C=O) groups is 1. The first kappa shape index (κ1) is 22.5. The number of halogens is 3. The van der Waals surface area contributed by atoms with Crippen LogP contribution in [0.5, 0.6) is 0 Å². The summed E-state index contributed by atoms with van der Waals surface area (Å²) < 4.78 is 5.45. The highest BCUT2D eigenvalue weighted by molar-refractivity contribution is 6.30. The summed E-state index contributed by atoms with van der Waals surface area (Å²) in [5.74, 6) is 0.257. The van der Waals surface area contributed by atoms with E-state index in [1.165, 1.54) is 5.56 Å². The van der Waals surface area contributed by atoms with Gasteiger partial charge in [-0.2, -0.15) is 0 Å². The van der Waals surface area contributed by atoms with Crippen LogP contribution in [0.2, 0.25) is 5.02 Å². The molecule has 1 aromatic rings. The standard InChI is InChI=1S/C17H24ClN3O2.2ClH/c18-15-3-1-13(2-4-15)16(21-7-9-23-10-8-21)12-20-17(22)14-5-6-19-11-14;;/h1-4,14,16,19H,5-12H2,(H,20,22);2*1H. The Hall–Kier alpha value is -0.560. The minimum Gasteiger partial charge on any atom is -0.379 e. The van der Waals surface area contributed by atoms with Crippen LogP contribution in [0, 0.1) is 5.92 Å². The minimum absolute atomic E-state index is 0. The fourth-order valence-corrected chi connectivity index (χ4v) is 3.38. The van der Waals surface area contributed by atoms with Gasteiger partial charge >= 0.3 is 0 Å². The number of benzene rings is 1. The van der Waals surface area contributed by atoms with Crippen LogP contribution >= 0.6 is 36.4 Å². The zero-order valence-corrected chi connectivity index (χ0v) is 16.5. The summed E-state index contributed by atoms with van der Waals surface area (Å²) in [4.78, 5) is 14.7. The van der Waals surface area contributed by atoms with Gasteiger partial charge in [0.15, 0.2) is 0 Å². The molecule has 1 amide bonds. The molecule has 2 saturated heterocycles. The van der Waals surface area contributed by atoms with Crippen LogP contribution in [0.25, 0.3) is 0 Å². The van der Waals surface area contributed by atoms with E-state index in [9.17, 15) is 4.79 Å². The largest absolute Gasteiger partial charge is 0.379 e. The second-order valence-electron chi connectivity index (χ2n) is 6.15. The number of nitrogens with zero attached hydrogens (tertiary/aromatic N) is 1. The van der Waals surface area contributed by atoms with Gasteiger partial charge in [-0.1, -0.05) is 23.7 Å². The normalized spacial score (nSPS) is 21.7. The molecule has 3 rings (SSSR count). The quantitative estimate of drug-likeness (QED) is 0.782. The van der Waals surface area contributed by atoms with Crippen LogP contribution in [0.15, 0.2) is 24.3 Å².